The zero-order valence-corrected chi connectivity index (χ0v) is 11.8. The van der Waals surface area contributed by atoms with Crippen LogP contribution in [0.15, 0.2) is 0 Å². The molecule has 7 N–H and O–H groups in total. The topological polar surface area (TPSA) is 125 Å². The van der Waals surface area contributed by atoms with Crippen LogP contribution in [0.25, 0.3) is 0 Å². The normalized spacial score (nSPS) is 17.2. The van der Waals surface area contributed by atoms with Crippen molar-refractivity contribution >= 4 is 17.5 Å². The van der Waals surface area contributed by atoms with E-state index in [4.69, 9.17) is 22.0 Å². The highest BCUT2D eigenvalue weighted by atomic mass is 16.5. The van der Waals surface area contributed by atoms with E-state index < -0.39 is 0 Å². The molecule has 0 spiro atoms. The fraction of sp³-hybridized carbons (Fsp3) is 0.692. The SMILES string of the molecule is NNc1nc(N)nc(OCC2CCCCCCC2)c1N. The summed E-state index contributed by atoms with van der Waals surface area (Å²) < 4.78 is 5.74. The third kappa shape index (κ3) is 3.86. The number of hydrazine groups is 1. The second kappa shape index (κ2) is 7.14. The van der Waals surface area contributed by atoms with Crippen LogP contribution in [-0.2, 0) is 0 Å². The Bertz CT molecular complexity index is 431. The van der Waals surface area contributed by atoms with Gasteiger partial charge in [0.2, 0.25) is 11.8 Å². The number of ether oxygens (including phenoxy) is 1. The van der Waals surface area contributed by atoms with Crippen molar-refractivity contribution in [1.29, 1.82) is 0 Å². The number of hydrogen-bond acceptors (Lipinski definition) is 7. The minimum Gasteiger partial charge on any atom is -0.476 e. The number of nitrogens with one attached hydrogen (secondary N) is 1. The lowest BCUT2D eigenvalue weighted by atomic mass is 9.92. The van der Waals surface area contributed by atoms with Gasteiger partial charge < -0.3 is 21.6 Å². The highest BCUT2D eigenvalue weighted by Gasteiger charge is 2.15. The largest absolute Gasteiger partial charge is 0.476 e. The minimum atomic E-state index is 0.0971. The number of aromatic nitrogens is 2. The summed E-state index contributed by atoms with van der Waals surface area (Å²) in [5, 5.41) is 0. The van der Waals surface area contributed by atoms with Gasteiger partial charge in [-0.05, 0) is 18.8 Å². The fourth-order valence-corrected chi connectivity index (χ4v) is 2.59. The average Bonchev–Trinajstić information content (AvgIpc) is 2.40. The highest BCUT2D eigenvalue weighted by Crippen LogP contribution is 2.28. The van der Waals surface area contributed by atoms with Crippen molar-refractivity contribution < 1.29 is 4.74 Å². The maximum Gasteiger partial charge on any atom is 0.244 e. The Morgan fingerprint density at radius 2 is 1.70 bits per heavy atom. The van der Waals surface area contributed by atoms with Gasteiger partial charge in [0.25, 0.3) is 0 Å². The van der Waals surface area contributed by atoms with E-state index in [0.29, 0.717) is 29.9 Å². The Morgan fingerprint density at radius 1 is 1.05 bits per heavy atom. The van der Waals surface area contributed by atoms with Crippen molar-refractivity contribution in [2.75, 3.05) is 23.5 Å². The molecule has 1 saturated carbocycles. The first kappa shape index (κ1) is 14.6. The number of anilines is 3. The first-order valence-electron chi connectivity index (χ1n) is 7.23. The molecule has 20 heavy (non-hydrogen) atoms. The molecule has 1 aromatic heterocycles. The summed E-state index contributed by atoms with van der Waals surface area (Å²) in [6, 6.07) is 0. The second-order valence-electron chi connectivity index (χ2n) is 5.32. The predicted molar refractivity (Wildman–Crippen MR) is 80.0 cm³/mol. The fourth-order valence-electron chi connectivity index (χ4n) is 2.59. The molecule has 7 heteroatoms. The molecular weight excluding hydrogens is 256 g/mol. The molecule has 112 valence electrons. The summed E-state index contributed by atoms with van der Waals surface area (Å²) in [6.07, 6.45) is 8.93. The van der Waals surface area contributed by atoms with Crippen molar-refractivity contribution in [3.63, 3.8) is 0 Å². The first-order chi connectivity index (χ1) is 9.70. The first-order valence-corrected chi connectivity index (χ1v) is 7.23. The van der Waals surface area contributed by atoms with Gasteiger partial charge in [0.15, 0.2) is 5.82 Å². The van der Waals surface area contributed by atoms with Crippen molar-refractivity contribution in [1.82, 2.24) is 9.97 Å². The Labute approximate surface area is 119 Å². The van der Waals surface area contributed by atoms with Gasteiger partial charge in [-0.15, -0.1) is 0 Å². The van der Waals surface area contributed by atoms with Crippen molar-refractivity contribution in [2.45, 2.75) is 44.9 Å². The second-order valence-corrected chi connectivity index (χ2v) is 5.32. The standard InChI is InChI=1S/C13H24N6O/c14-10-11(19-16)17-13(15)18-12(10)20-8-9-6-4-2-1-3-5-7-9/h9H,1-8,14,16H2,(H3,15,17,18,19). The summed E-state index contributed by atoms with van der Waals surface area (Å²) in [6.45, 7) is 0.616. The van der Waals surface area contributed by atoms with Crippen LogP contribution in [0.1, 0.15) is 44.9 Å². The Kier molecular flexibility index (Phi) is 5.23. The lowest BCUT2D eigenvalue weighted by Crippen LogP contribution is -2.17. The number of hydrogen-bond donors (Lipinski definition) is 4. The van der Waals surface area contributed by atoms with Crippen LogP contribution in [0.3, 0.4) is 0 Å². The molecule has 0 atom stereocenters. The van der Waals surface area contributed by atoms with Gasteiger partial charge in [0, 0.05) is 0 Å². The van der Waals surface area contributed by atoms with E-state index in [0.717, 1.165) is 0 Å². The van der Waals surface area contributed by atoms with Gasteiger partial charge in [-0.25, -0.2) is 5.84 Å². The van der Waals surface area contributed by atoms with Crippen LogP contribution in [0.4, 0.5) is 17.5 Å². The monoisotopic (exact) mass is 280 g/mol. The molecule has 1 aromatic rings. The van der Waals surface area contributed by atoms with Gasteiger partial charge in [0.1, 0.15) is 5.69 Å². The van der Waals surface area contributed by atoms with Gasteiger partial charge in [-0.2, -0.15) is 9.97 Å². The molecule has 0 amide bonds. The molecule has 0 aliphatic heterocycles. The lowest BCUT2D eigenvalue weighted by molar-refractivity contribution is 0.213. The van der Waals surface area contributed by atoms with Gasteiger partial charge in [-0.1, -0.05) is 32.1 Å². The molecule has 1 fully saturated rings. The van der Waals surface area contributed by atoms with Gasteiger partial charge >= 0.3 is 0 Å². The van der Waals surface area contributed by atoms with E-state index >= 15 is 0 Å². The van der Waals surface area contributed by atoms with E-state index in [1.165, 1.54) is 44.9 Å². The summed E-state index contributed by atoms with van der Waals surface area (Å²) in [7, 11) is 0. The van der Waals surface area contributed by atoms with Crippen molar-refractivity contribution in [3.05, 3.63) is 0 Å². The van der Waals surface area contributed by atoms with Crippen LogP contribution in [0, 0.1) is 5.92 Å². The maximum atomic E-state index is 5.89. The van der Waals surface area contributed by atoms with E-state index in [2.05, 4.69) is 15.4 Å². The highest BCUT2D eigenvalue weighted by molar-refractivity contribution is 5.67. The van der Waals surface area contributed by atoms with E-state index in [-0.39, 0.29) is 5.95 Å². The molecule has 7 nitrogen and oxygen atoms in total. The van der Waals surface area contributed by atoms with Crippen LogP contribution in [0.2, 0.25) is 0 Å². The van der Waals surface area contributed by atoms with Crippen LogP contribution in [0.5, 0.6) is 5.88 Å². The molecule has 1 heterocycles. The van der Waals surface area contributed by atoms with E-state index in [1.54, 1.807) is 0 Å². The smallest absolute Gasteiger partial charge is 0.244 e. The van der Waals surface area contributed by atoms with Crippen molar-refractivity contribution in [3.8, 4) is 5.88 Å². The number of nitrogen functional groups attached to an aromatic ring is 3. The molecule has 0 bridgehead atoms. The molecule has 1 aliphatic carbocycles. The van der Waals surface area contributed by atoms with Crippen LogP contribution < -0.4 is 27.5 Å². The molecule has 0 radical (unpaired) electrons. The Morgan fingerprint density at radius 3 is 2.35 bits per heavy atom. The molecule has 0 saturated heterocycles. The number of rotatable bonds is 4. The molecule has 0 unspecified atom stereocenters. The molecule has 2 rings (SSSR count). The number of nitrogens with two attached hydrogens (primary N) is 3. The summed E-state index contributed by atoms with van der Waals surface area (Å²) in [5.41, 5.74) is 14.2. The predicted octanol–water partition coefficient (Wildman–Crippen LogP) is 1.67. The third-order valence-electron chi connectivity index (χ3n) is 3.75. The van der Waals surface area contributed by atoms with E-state index in [1.807, 2.05) is 0 Å². The van der Waals surface area contributed by atoms with Gasteiger partial charge in [-0.3, -0.25) is 0 Å². The maximum absolute atomic E-state index is 5.89. The van der Waals surface area contributed by atoms with Crippen molar-refractivity contribution in [2.24, 2.45) is 11.8 Å². The Hall–Kier alpha value is -1.76. The average molecular weight is 280 g/mol. The quantitative estimate of drug-likeness (QED) is 0.488. The van der Waals surface area contributed by atoms with E-state index in [9.17, 15) is 0 Å². The minimum absolute atomic E-state index is 0.0971. The van der Waals surface area contributed by atoms with Crippen LogP contribution >= 0.6 is 0 Å². The summed E-state index contributed by atoms with van der Waals surface area (Å²) >= 11 is 0. The van der Waals surface area contributed by atoms with Crippen LogP contribution in [-0.4, -0.2) is 16.6 Å². The third-order valence-corrected chi connectivity index (χ3v) is 3.75. The molecule has 1 aliphatic rings. The summed E-state index contributed by atoms with van der Waals surface area (Å²) in [4.78, 5) is 7.93. The molecule has 0 aromatic carbocycles. The number of nitrogens with zero attached hydrogens (tertiary/aromatic N) is 2. The zero-order chi connectivity index (χ0) is 14.4. The Balaban J connectivity index is 1.97. The van der Waals surface area contributed by atoms with Gasteiger partial charge in [0.05, 0.1) is 6.61 Å². The lowest BCUT2D eigenvalue weighted by Gasteiger charge is -2.20. The summed E-state index contributed by atoms with van der Waals surface area (Å²) in [5.74, 6) is 6.60. The zero-order valence-electron chi connectivity index (χ0n) is 11.8. The molecular formula is C13H24N6O.